The van der Waals surface area contributed by atoms with Crippen LogP contribution in [0, 0.1) is 11.3 Å². The second kappa shape index (κ2) is 4.44. The highest BCUT2D eigenvalue weighted by molar-refractivity contribution is 5.18. The highest BCUT2D eigenvalue weighted by atomic mass is 16.3. The second-order valence-corrected chi connectivity index (χ2v) is 3.06. The Kier molecular flexibility index (Phi) is 2.81. The summed E-state index contributed by atoms with van der Waals surface area (Å²) in [5.74, 6) is 1.10. The van der Waals surface area contributed by atoms with Crippen LogP contribution in [-0.2, 0) is 13.1 Å². The normalized spacial score (nSPS) is 10.1. The number of aromatic nitrogens is 2. The number of hydrogen-bond donors (Lipinski definition) is 2. The predicted octanol–water partition coefficient (Wildman–Crippen LogP) is 1.16. The number of imidazole rings is 1. The number of aromatic amines is 1. The van der Waals surface area contributed by atoms with Crippen molar-refractivity contribution in [3.8, 4) is 6.07 Å². The third-order valence-electron chi connectivity index (χ3n) is 1.94. The molecule has 0 aliphatic carbocycles. The van der Waals surface area contributed by atoms with Crippen LogP contribution < -0.4 is 5.32 Å². The minimum absolute atomic E-state index is 0.341. The molecule has 0 fully saturated rings. The van der Waals surface area contributed by atoms with Crippen molar-refractivity contribution in [2.45, 2.75) is 13.1 Å². The number of nitrogens with one attached hydrogen (secondary N) is 2. The van der Waals surface area contributed by atoms with E-state index in [2.05, 4.69) is 15.3 Å². The Hall–Kier alpha value is -2.06. The van der Waals surface area contributed by atoms with Gasteiger partial charge in [0.15, 0.2) is 0 Å². The number of nitrogens with zero attached hydrogens (tertiary/aromatic N) is 2. The average molecular weight is 202 g/mol. The highest BCUT2D eigenvalue weighted by Crippen LogP contribution is 2.05. The van der Waals surface area contributed by atoms with E-state index >= 15 is 0 Å². The zero-order chi connectivity index (χ0) is 10.5. The summed E-state index contributed by atoms with van der Waals surface area (Å²) in [5.41, 5.74) is 1.02. The van der Waals surface area contributed by atoms with E-state index in [0.717, 1.165) is 11.5 Å². The summed E-state index contributed by atoms with van der Waals surface area (Å²) in [7, 11) is 0. The lowest BCUT2D eigenvalue weighted by Gasteiger charge is -1.99. The summed E-state index contributed by atoms with van der Waals surface area (Å²) in [5, 5.41) is 11.7. The second-order valence-electron chi connectivity index (χ2n) is 3.06. The lowest BCUT2D eigenvalue weighted by atomic mass is 10.4. The van der Waals surface area contributed by atoms with Crippen molar-refractivity contribution in [2.24, 2.45) is 0 Å². The zero-order valence-electron chi connectivity index (χ0n) is 8.03. The van der Waals surface area contributed by atoms with Gasteiger partial charge in [-0.15, -0.1) is 0 Å². The molecule has 0 bridgehead atoms. The lowest BCUT2D eigenvalue weighted by Crippen LogP contribution is -2.12. The van der Waals surface area contributed by atoms with E-state index in [-0.39, 0.29) is 0 Å². The van der Waals surface area contributed by atoms with Crippen LogP contribution in [0.1, 0.15) is 17.2 Å². The molecule has 2 aromatic rings. The fraction of sp³-hybridized carbons (Fsp3) is 0.200. The van der Waals surface area contributed by atoms with E-state index in [1.807, 2.05) is 6.07 Å². The molecular formula is C10H10N4O. The Labute approximate surface area is 86.7 Å². The van der Waals surface area contributed by atoms with Crippen LogP contribution in [0.5, 0.6) is 0 Å². The summed E-state index contributed by atoms with van der Waals surface area (Å²) in [6, 6.07) is 5.39. The van der Waals surface area contributed by atoms with E-state index in [9.17, 15) is 0 Å². The van der Waals surface area contributed by atoms with Crippen molar-refractivity contribution in [2.75, 3.05) is 0 Å². The molecule has 2 aromatic heterocycles. The van der Waals surface area contributed by atoms with E-state index in [1.54, 1.807) is 24.7 Å². The number of hydrogen-bond acceptors (Lipinski definition) is 4. The first-order valence-corrected chi connectivity index (χ1v) is 4.55. The molecule has 0 atom stereocenters. The maximum Gasteiger partial charge on any atom is 0.203 e. The highest BCUT2D eigenvalue weighted by Gasteiger charge is 2.00. The number of nitriles is 1. The molecule has 2 rings (SSSR count). The van der Waals surface area contributed by atoms with Gasteiger partial charge in [0.1, 0.15) is 11.8 Å². The Balaban J connectivity index is 1.81. The van der Waals surface area contributed by atoms with Gasteiger partial charge in [-0.3, -0.25) is 0 Å². The molecule has 0 unspecified atom stereocenters. The quantitative estimate of drug-likeness (QED) is 0.780. The molecule has 2 heterocycles. The van der Waals surface area contributed by atoms with Crippen molar-refractivity contribution in [3.63, 3.8) is 0 Å². The third kappa shape index (κ3) is 2.45. The summed E-state index contributed by atoms with van der Waals surface area (Å²) in [6.45, 7) is 1.29. The molecule has 0 radical (unpaired) electrons. The lowest BCUT2D eigenvalue weighted by molar-refractivity contribution is 0.473. The van der Waals surface area contributed by atoms with Gasteiger partial charge < -0.3 is 14.7 Å². The molecule has 0 aliphatic heterocycles. The van der Waals surface area contributed by atoms with Gasteiger partial charge >= 0.3 is 0 Å². The smallest absolute Gasteiger partial charge is 0.203 e. The van der Waals surface area contributed by atoms with Gasteiger partial charge in [0, 0.05) is 18.4 Å². The van der Waals surface area contributed by atoms with Gasteiger partial charge in [-0.25, -0.2) is 4.98 Å². The third-order valence-corrected chi connectivity index (χ3v) is 1.94. The predicted molar refractivity (Wildman–Crippen MR) is 52.6 cm³/mol. The molecule has 15 heavy (non-hydrogen) atoms. The molecule has 5 heteroatoms. The minimum Gasteiger partial charge on any atom is -0.449 e. The van der Waals surface area contributed by atoms with Crippen molar-refractivity contribution in [1.29, 1.82) is 5.26 Å². The average Bonchev–Trinajstić information content (AvgIpc) is 2.88. The first-order chi connectivity index (χ1) is 7.38. The van der Waals surface area contributed by atoms with Gasteiger partial charge in [0.2, 0.25) is 5.76 Å². The van der Waals surface area contributed by atoms with E-state index < -0.39 is 0 Å². The van der Waals surface area contributed by atoms with Gasteiger partial charge in [-0.2, -0.15) is 5.26 Å². The summed E-state index contributed by atoms with van der Waals surface area (Å²) >= 11 is 0. The van der Waals surface area contributed by atoms with Crippen molar-refractivity contribution in [3.05, 3.63) is 41.9 Å². The monoisotopic (exact) mass is 202 g/mol. The Morgan fingerprint density at radius 2 is 2.40 bits per heavy atom. The Morgan fingerprint density at radius 1 is 1.47 bits per heavy atom. The van der Waals surface area contributed by atoms with E-state index in [1.165, 1.54) is 0 Å². The maximum atomic E-state index is 8.55. The minimum atomic E-state index is 0.341. The molecule has 0 spiro atoms. The molecular weight excluding hydrogens is 192 g/mol. The zero-order valence-corrected chi connectivity index (χ0v) is 8.03. The number of H-pyrrole nitrogens is 1. The maximum absolute atomic E-state index is 8.55. The van der Waals surface area contributed by atoms with Crippen molar-refractivity contribution >= 4 is 0 Å². The Morgan fingerprint density at radius 3 is 3.07 bits per heavy atom. The Bertz CT molecular complexity index is 452. The fourth-order valence-corrected chi connectivity index (χ4v) is 1.23. The summed E-state index contributed by atoms with van der Waals surface area (Å²) < 4.78 is 5.20. The van der Waals surface area contributed by atoms with Gasteiger partial charge in [0.05, 0.1) is 12.9 Å². The van der Waals surface area contributed by atoms with Gasteiger partial charge in [-0.1, -0.05) is 0 Å². The van der Waals surface area contributed by atoms with Crippen LogP contribution in [-0.4, -0.2) is 9.97 Å². The standard InChI is InChI=1S/C10H10N4O/c11-3-9-1-2-10(15-9)6-12-4-8-5-13-7-14-8/h1-2,5,7,12H,4,6H2,(H,13,14). The molecule has 0 aromatic carbocycles. The fourth-order valence-electron chi connectivity index (χ4n) is 1.23. The first-order valence-electron chi connectivity index (χ1n) is 4.55. The van der Waals surface area contributed by atoms with Gasteiger partial charge in [0.25, 0.3) is 0 Å². The largest absolute Gasteiger partial charge is 0.449 e. The van der Waals surface area contributed by atoms with Crippen LogP contribution >= 0.6 is 0 Å². The number of furan rings is 1. The molecule has 0 saturated heterocycles. The molecule has 0 aliphatic rings. The van der Waals surface area contributed by atoms with Crippen LogP contribution in [0.2, 0.25) is 0 Å². The van der Waals surface area contributed by atoms with Crippen LogP contribution in [0.25, 0.3) is 0 Å². The first kappa shape index (κ1) is 9.49. The van der Waals surface area contributed by atoms with E-state index in [0.29, 0.717) is 18.8 Å². The molecule has 0 amide bonds. The summed E-state index contributed by atoms with van der Waals surface area (Å²) in [4.78, 5) is 6.89. The van der Waals surface area contributed by atoms with Gasteiger partial charge in [-0.05, 0) is 12.1 Å². The van der Waals surface area contributed by atoms with Crippen LogP contribution in [0.15, 0.2) is 29.1 Å². The molecule has 0 saturated carbocycles. The molecule has 76 valence electrons. The van der Waals surface area contributed by atoms with Crippen LogP contribution in [0.3, 0.4) is 0 Å². The SMILES string of the molecule is N#Cc1ccc(CNCc2cnc[nH]2)o1. The molecule has 2 N–H and O–H groups in total. The summed E-state index contributed by atoms with van der Waals surface area (Å²) in [6.07, 6.45) is 3.40. The van der Waals surface area contributed by atoms with Crippen molar-refractivity contribution in [1.82, 2.24) is 15.3 Å². The van der Waals surface area contributed by atoms with Crippen molar-refractivity contribution < 1.29 is 4.42 Å². The topological polar surface area (TPSA) is 77.6 Å². The van der Waals surface area contributed by atoms with E-state index in [4.69, 9.17) is 9.68 Å². The molecule has 5 nitrogen and oxygen atoms in total. The number of rotatable bonds is 4. The van der Waals surface area contributed by atoms with Crippen LogP contribution in [0.4, 0.5) is 0 Å².